The molecule has 0 heterocycles. The summed E-state index contributed by atoms with van der Waals surface area (Å²) < 4.78 is 4.84. The van der Waals surface area contributed by atoms with Crippen molar-refractivity contribution in [1.29, 1.82) is 0 Å². The number of likely N-dealkylation sites (N-methyl/N-ethyl adjacent to an activating group) is 1. The molecule has 0 aliphatic carbocycles. The van der Waals surface area contributed by atoms with Gasteiger partial charge in [-0.2, -0.15) is 0 Å². The van der Waals surface area contributed by atoms with Gasteiger partial charge in [0.25, 0.3) is 0 Å². The normalized spacial score (nSPS) is 11.5. The molecule has 0 saturated carbocycles. The van der Waals surface area contributed by atoms with Crippen molar-refractivity contribution >= 4 is 6.09 Å². The third kappa shape index (κ3) is 3.78. The lowest BCUT2D eigenvalue weighted by atomic mass is 10.2. The smallest absolute Gasteiger partial charge is 0.409 e. The summed E-state index contributed by atoms with van der Waals surface area (Å²) in [7, 11) is 1.69. The van der Waals surface area contributed by atoms with Crippen LogP contribution in [0.1, 0.15) is 13.3 Å². The van der Waals surface area contributed by atoms with Gasteiger partial charge in [0.05, 0.1) is 12.6 Å². The number of rotatable bonds is 5. The Bertz CT molecular complexity index is 189. The average molecular weight is 183 g/mol. The first kappa shape index (κ1) is 11.8. The number of hydrogen-bond donors (Lipinski definition) is 0. The molecule has 3 heteroatoms. The van der Waals surface area contributed by atoms with Crippen molar-refractivity contribution < 1.29 is 9.53 Å². The Hall–Kier alpha value is -1.25. The van der Waals surface area contributed by atoms with E-state index in [1.54, 1.807) is 26.1 Å². The molecule has 74 valence electrons. The first-order valence-electron chi connectivity index (χ1n) is 4.30. The second-order valence-corrected chi connectivity index (χ2v) is 2.64. The molecule has 0 aliphatic heterocycles. The minimum absolute atomic E-state index is 0.0310. The van der Waals surface area contributed by atoms with Crippen molar-refractivity contribution in [2.24, 2.45) is 0 Å². The molecule has 0 aromatic carbocycles. The average Bonchev–Trinajstić information content (AvgIpc) is 2.13. The van der Waals surface area contributed by atoms with Crippen molar-refractivity contribution in [1.82, 2.24) is 4.90 Å². The van der Waals surface area contributed by atoms with Gasteiger partial charge in [-0.15, -0.1) is 13.2 Å². The predicted molar refractivity (Wildman–Crippen MR) is 53.6 cm³/mol. The summed E-state index contributed by atoms with van der Waals surface area (Å²) in [5.41, 5.74) is 0. The van der Waals surface area contributed by atoms with Crippen molar-refractivity contribution in [2.45, 2.75) is 19.4 Å². The van der Waals surface area contributed by atoms with E-state index in [9.17, 15) is 4.79 Å². The van der Waals surface area contributed by atoms with Crippen LogP contribution in [0.4, 0.5) is 4.79 Å². The maximum atomic E-state index is 11.2. The number of amides is 1. The monoisotopic (exact) mass is 183 g/mol. The molecule has 0 aromatic rings. The largest absolute Gasteiger partial charge is 0.450 e. The molecule has 13 heavy (non-hydrogen) atoms. The molecular weight excluding hydrogens is 166 g/mol. The van der Waals surface area contributed by atoms with Gasteiger partial charge in [0.1, 0.15) is 0 Å². The van der Waals surface area contributed by atoms with Gasteiger partial charge in [0, 0.05) is 7.05 Å². The van der Waals surface area contributed by atoms with E-state index in [0.29, 0.717) is 13.0 Å². The SMILES string of the molecule is C=CCC(C=C)N(C)C(=O)OCC. The highest BCUT2D eigenvalue weighted by Crippen LogP contribution is 2.05. The fourth-order valence-electron chi connectivity index (χ4n) is 0.944. The summed E-state index contributed by atoms with van der Waals surface area (Å²) in [6, 6.07) is -0.0310. The Morgan fingerprint density at radius 3 is 2.62 bits per heavy atom. The van der Waals surface area contributed by atoms with Crippen LogP contribution in [0.2, 0.25) is 0 Å². The number of nitrogens with zero attached hydrogens (tertiary/aromatic N) is 1. The zero-order valence-electron chi connectivity index (χ0n) is 8.32. The summed E-state index contributed by atoms with van der Waals surface area (Å²) >= 11 is 0. The zero-order chi connectivity index (χ0) is 10.3. The molecule has 0 radical (unpaired) electrons. The van der Waals surface area contributed by atoms with Gasteiger partial charge in [-0.1, -0.05) is 12.2 Å². The first-order valence-corrected chi connectivity index (χ1v) is 4.30. The van der Waals surface area contributed by atoms with Gasteiger partial charge in [-0.25, -0.2) is 4.79 Å². The molecule has 1 unspecified atom stereocenters. The van der Waals surface area contributed by atoms with E-state index in [1.165, 1.54) is 4.90 Å². The highest BCUT2D eigenvalue weighted by atomic mass is 16.6. The van der Waals surface area contributed by atoms with Crippen molar-refractivity contribution in [3.8, 4) is 0 Å². The summed E-state index contributed by atoms with van der Waals surface area (Å²) in [6.45, 7) is 9.43. The molecule has 3 nitrogen and oxygen atoms in total. The van der Waals surface area contributed by atoms with Gasteiger partial charge in [-0.05, 0) is 13.3 Å². The Morgan fingerprint density at radius 1 is 1.62 bits per heavy atom. The highest BCUT2D eigenvalue weighted by molar-refractivity contribution is 5.67. The van der Waals surface area contributed by atoms with Gasteiger partial charge < -0.3 is 9.64 Å². The molecule has 0 fully saturated rings. The van der Waals surface area contributed by atoms with Crippen LogP contribution in [0.15, 0.2) is 25.3 Å². The minimum Gasteiger partial charge on any atom is -0.450 e. The number of ether oxygens (including phenoxy) is 1. The van der Waals surface area contributed by atoms with E-state index in [0.717, 1.165) is 0 Å². The number of carbonyl (C=O) groups excluding carboxylic acids is 1. The van der Waals surface area contributed by atoms with E-state index < -0.39 is 0 Å². The highest BCUT2D eigenvalue weighted by Gasteiger charge is 2.16. The summed E-state index contributed by atoms with van der Waals surface area (Å²) in [4.78, 5) is 12.8. The van der Waals surface area contributed by atoms with Crippen LogP contribution >= 0.6 is 0 Å². The third-order valence-corrected chi connectivity index (χ3v) is 1.73. The molecule has 0 saturated heterocycles. The fraction of sp³-hybridized carbons (Fsp3) is 0.500. The molecule has 1 amide bonds. The molecule has 0 bridgehead atoms. The van der Waals surface area contributed by atoms with Gasteiger partial charge in [0.2, 0.25) is 0 Å². The van der Waals surface area contributed by atoms with Crippen LogP contribution in [0.5, 0.6) is 0 Å². The van der Waals surface area contributed by atoms with Gasteiger partial charge in [-0.3, -0.25) is 0 Å². The second kappa shape index (κ2) is 6.29. The molecule has 0 N–H and O–H groups in total. The summed E-state index contributed by atoms with van der Waals surface area (Å²) in [5, 5.41) is 0. The maximum absolute atomic E-state index is 11.2. The number of hydrogen-bond acceptors (Lipinski definition) is 2. The van der Waals surface area contributed by atoms with Crippen LogP contribution in [-0.2, 0) is 4.74 Å². The van der Waals surface area contributed by atoms with E-state index in [4.69, 9.17) is 4.74 Å². The summed E-state index contributed by atoms with van der Waals surface area (Å²) in [5.74, 6) is 0. The molecule has 0 spiro atoms. The van der Waals surface area contributed by atoms with Crippen molar-refractivity contribution in [3.05, 3.63) is 25.3 Å². The van der Waals surface area contributed by atoms with Crippen LogP contribution in [0.3, 0.4) is 0 Å². The maximum Gasteiger partial charge on any atom is 0.409 e. The Balaban J connectivity index is 4.17. The van der Waals surface area contributed by atoms with E-state index >= 15 is 0 Å². The van der Waals surface area contributed by atoms with E-state index in [1.807, 2.05) is 0 Å². The topological polar surface area (TPSA) is 29.5 Å². The lowest BCUT2D eigenvalue weighted by Crippen LogP contribution is -2.35. The van der Waals surface area contributed by atoms with Crippen molar-refractivity contribution in [2.75, 3.05) is 13.7 Å². The standard InChI is InChI=1S/C10H17NO2/c1-5-8-9(6-2)11(4)10(12)13-7-3/h5-6,9H,1-2,7-8H2,3-4H3. The Kier molecular flexibility index (Phi) is 5.68. The van der Waals surface area contributed by atoms with Crippen LogP contribution in [0, 0.1) is 0 Å². The van der Waals surface area contributed by atoms with Gasteiger partial charge >= 0.3 is 6.09 Å². The van der Waals surface area contributed by atoms with Crippen LogP contribution in [0.25, 0.3) is 0 Å². The van der Waals surface area contributed by atoms with Crippen molar-refractivity contribution in [3.63, 3.8) is 0 Å². The quantitative estimate of drug-likeness (QED) is 0.611. The fourth-order valence-corrected chi connectivity index (χ4v) is 0.944. The molecule has 0 aliphatic rings. The second-order valence-electron chi connectivity index (χ2n) is 2.64. The first-order chi connectivity index (χ1) is 6.17. The van der Waals surface area contributed by atoms with Gasteiger partial charge in [0.15, 0.2) is 0 Å². The van der Waals surface area contributed by atoms with E-state index in [2.05, 4.69) is 13.2 Å². The lowest BCUT2D eigenvalue weighted by Gasteiger charge is -2.23. The predicted octanol–water partition coefficient (Wildman–Crippen LogP) is 2.21. The zero-order valence-corrected chi connectivity index (χ0v) is 8.32. The van der Waals surface area contributed by atoms with Crippen LogP contribution < -0.4 is 0 Å². The molecule has 0 rings (SSSR count). The summed E-state index contributed by atoms with van der Waals surface area (Å²) in [6.07, 6.45) is 3.83. The lowest BCUT2D eigenvalue weighted by molar-refractivity contribution is 0.108. The molecule has 0 aromatic heterocycles. The van der Waals surface area contributed by atoms with Crippen LogP contribution in [-0.4, -0.2) is 30.7 Å². The Labute approximate surface area is 79.7 Å². The Morgan fingerprint density at radius 2 is 2.23 bits per heavy atom. The molecule has 1 atom stereocenters. The number of carbonyl (C=O) groups is 1. The molecular formula is C10H17NO2. The third-order valence-electron chi connectivity index (χ3n) is 1.73. The van der Waals surface area contributed by atoms with E-state index in [-0.39, 0.29) is 12.1 Å². The minimum atomic E-state index is -0.325.